The number of nitrogens with two attached hydrogens (primary N) is 1. The van der Waals surface area contributed by atoms with Crippen molar-refractivity contribution in [2.24, 2.45) is 17.6 Å². The highest BCUT2D eigenvalue weighted by Gasteiger charge is 2.37. The summed E-state index contributed by atoms with van der Waals surface area (Å²) in [5.41, 5.74) is 3.89. The van der Waals surface area contributed by atoms with Gasteiger partial charge in [0.15, 0.2) is 11.5 Å². The second kappa shape index (κ2) is 14.6. The second-order valence-electron chi connectivity index (χ2n) is 11.1. The molecule has 2 atom stereocenters. The standard InChI is InChI=1S/C27H41NO11/c1-16(2)14-34-23(31)37-20-10-9-19(11-21(20)38-24(32)35-15-17(3)4)13-27(28,22(29)30)12-18(5)36-25(33)39-26(6,7)8/h9-11,16-18H,12-15,28H2,1-8H3,(H,29,30)/t18-,27?/m0/s1. The van der Waals surface area contributed by atoms with Gasteiger partial charge in [-0.05, 0) is 57.2 Å². The Hall–Kier alpha value is -3.54. The molecular formula is C27H41NO11. The lowest BCUT2D eigenvalue weighted by atomic mass is 9.86. The molecule has 1 aromatic rings. The van der Waals surface area contributed by atoms with Crippen LogP contribution >= 0.6 is 0 Å². The van der Waals surface area contributed by atoms with E-state index in [0.717, 1.165) is 0 Å². The molecule has 1 rings (SSSR count). The van der Waals surface area contributed by atoms with Crippen LogP contribution in [0.2, 0.25) is 0 Å². The third-order valence-corrected chi connectivity index (χ3v) is 4.75. The van der Waals surface area contributed by atoms with Crippen molar-refractivity contribution in [2.45, 2.75) is 85.5 Å². The van der Waals surface area contributed by atoms with E-state index in [-0.39, 0.29) is 49.4 Å². The molecule has 1 aromatic carbocycles. The largest absolute Gasteiger partial charge is 0.513 e. The molecule has 12 heteroatoms. The number of benzene rings is 1. The fourth-order valence-corrected chi connectivity index (χ4v) is 3.13. The molecule has 0 aromatic heterocycles. The van der Waals surface area contributed by atoms with Gasteiger partial charge in [0.1, 0.15) is 17.2 Å². The van der Waals surface area contributed by atoms with Crippen LogP contribution in [0.3, 0.4) is 0 Å². The summed E-state index contributed by atoms with van der Waals surface area (Å²) in [5, 5.41) is 9.89. The molecule has 0 saturated heterocycles. The summed E-state index contributed by atoms with van der Waals surface area (Å²) >= 11 is 0. The van der Waals surface area contributed by atoms with Gasteiger partial charge >= 0.3 is 24.4 Å². The van der Waals surface area contributed by atoms with Crippen LogP contribution in [-0.2, 0) is 30.2 Å². The van der Waals surface area contributed by atoms with Crippen molar-refractivity contribution in [2.75, 3.05) is 13.2 Å². The maximum atomic E-state index is 12.2. The Balaban J connectivity index is 3.16. The Labute approximate surface area is 229 Å². The SMILES string of the molecule is CC(C)COC(=O)Oc1ccc(CC(N)(C[C@H](C)OC(=O)OC(C)(C)C)C(=O)O)cc1OC(=O)OCC(C)C. The van der Waals surface area contributed by atoms with Crippen molar-refractivity contribution in [3.63, 3.8) is 0 Å². The predicted octanol–water partition coefficient (Wildman–Crippen LogP) is 5.08. The minimum atomic E-state index is -1.88. The third-order valence-electron chi connectivity index (χ3n) is 4.75. The van der Waals surface area contributed by atoms with E-state index < -0.39 is 41.7 Å². The summed E-state index contributed by atoms with van der Waals surface area (Å²) < 4.78 is 30.8. The number of carboxylic acids is 1. The highest BCUT2D eigenvalue weighted by Crippen LogP contribution is 2.31. The Kier molecular flexibility index (Phi) is 12.5. The Morgan fingerprint density at radius 2 is 1.36 bits per heavy atom. The van der Waals surface area contributed by atoms with Gasteiger partial charge in [0.25, 0.3) is 0 Å². The van der Waals surface area contributed by atoms with Crippen LogP contribution in [-0.4, -0.2) is 60.0 Å². The van der Waals surface area contributed by atoms with Gasteiger partial charge in [0.05, 0.1) is 13.2 Å². The van der Waals surface area contributed by atoms with E-state index in [9.17, 15) is 24.3 Å². The zero-order valence-corrected chi connectivity index (χ0v) is 23.9. The molecule has 0 fully saturated rings. The van der Waals surface area contributed by atoms with Crippen LogP contribution < -0.4 is 15.2 Å². The Morgan fingerprint density at radius 3 is 1.82 bits per heavy atom. The summed E-state index contributed by atoms with van der Waals surface area (Å²) in [7, 11) is 0. The minimum absolute atomic E-state index is 0.0453. The van der Waals surface area contributed by atoms with Crippen LogP contribution in [0.1, 0.15) is 67.4 Å². The summed E-state index contributed by atoms with van der Waals surface area (Å²) in [5.74, 6) is -1.58. The van der Waals surface area contributed by atoms with E-state index in [4.69, 9.17) is 34.2 Å². The topological polar surface area (TPSA) is 170 Å². The van der Waals surface area contributed by atoms with Crippen molar-refractivity contribution in [3.8, 4) is 11.5 Å². The first kappa shape index (κ1) is 33.5. The molecule has 0 radical (unpaired) electrons. The molecule has 0 heterocycles. The number of carbonyl (C=O) groups is 4. The number of carboxylic acid groups (broad SMARTS) is 1. The number of ether oxygens (including phenoxy) is 6. The maximum absolute atomic E-state index is 12.2. The van der Waals surface area contributed by atoms with Gasteiger partial charge in [-0.2, -0.15) is 0 Å². The number of hydrogen-bond donors (Lipinski definition) is 2. The van der Waals surface area contributed by atoms with Gasteiger partial charge < -0.3 is 39.3 Å². The summed E-state index contributed by atoms with van der Waals surface area (Å²) in [6.45, 7) is 14.1. The first-order chi connectivity index (χ1) is 17.9. The lowest BCUT2D eigenvalue weighted by Gasteiger charge is -2.28. The van der Waals surface area contributed by atoms with E-state index in [2.05, 4.69) is 0 Å². The van der Waals surface area contributed by atoms with Gasteiger partial charge in [-0.25, -0.2) is 14.4 Å². The number of aliphatic carboxylic acids is 1. The molecule has 220 valence electrons. The first-order valence-electron chi connectivity index (χ1n) is 12.6. The van der Waals surface area contributed by atoms with Crippen molar-refractivity contribution in [3.05, 3.63) is 23.8 Å². The normalized spacial score (nSPS) is 13.7. The van der Waals surface area contributed by atoms with Crippen LogP contribution in [0.5, 0.6) is 11.5 Å². The average molecular weight is 556 g/mol. The Morgan fingerprint density at radius 1 is 0.846 bits per heavy atom. The molecule has 0 bridgehead atoms. The molecule has 0 saturated carbocycles. The molecule has 0 aliphatic rings. The summed E-state index contributed by atoms with van der Waals surface area (Å²) in [4.78, 5) is 48.5. The highest BCUT2D eigenvalue weighted by atomic mass is 16.7. The van der Waals surface area contributed by atoms with Gasteiger partial charge in [-0.15, -0.1) is 0 Å². The highest BCUT2D eigenvalue weighted by molar-refractivity contribution is 5.79. The summed E-state index contributed by atoms with van der Waals surface area (Å²) in [6.07, 6.45) is -4.42. The minimum Gasteiger partial charge on any atom is -0.480 e. The zero-order chi connectivity index (χ0) is 30.0. The number of hydrogen-bond acceptors (Lipinski definition) is 11. The molecule has 3 N–H and O–H groups in total. The van der Waals surface area contributed by atoms with E-state index in [1.54, 1.807) is 20.8 Å². The second-order valence-corrected chi connectivity index (χ2v) is 11.1. The van der Waals surface area contributed by atoms with Gasteiger partial charge in [0.2, 0.25) is 0 Å². The van der Waals surface area contributed by atoms with E-state index in [0.29, 0.717) is 5.56 Å². The smallest absolute Gasteiger partial charge is 0.480 e. The number of carbonyl (C=O) groups excluding carboxylic acids is 3. The molecule has 0 aliphatic heterocycles. The quantitative estimate of drug-likeness (QED) is 0.199. The first-order valence-corrected chi connectivity index (χ1v) is 12.6. The van der Waals surface area contributed by atoms with Crippen molar-refractivity contribution in [1.82, 2.24) is 0 Å². The molecule has 12 nitrogen and oxygen atoms in total. The lowest BCUT2D eigenvalue weighted by Crippen LogP contribution is -2.52. The summed E-state index contributed by atoms with van der Waals surface area (Å²) in [6, 6.07) is 4.09. The lowest BCUT2D eigenvalue weighted by molar-refractivity contribution is -0.145. The monoisotopic (exact) mass is 555 g/mol. The Bertz CT molecular complexity index is 1000. The molecule has 0 spiro atoms. The zero-order valence-electron chi connectivity index (χ0n) is 23.9. The maximum Gasteiger partial charge on any atom is 0.513 e. The van der Waals surface area contributed by atoms with Crippen LogP contribution in [0, 0.1) is 11.8 Å². The van der Waals surface area contributed by atoms with Crippen molar-refractivity contribution < 1.29 is 52.7 Å². The van der Waals surface area contributed by atoms with Gasteiger partial charge in [-0.3, -0.25) is 4.79 Å². The van der Waals surface area contributed by atoms with Crippen LogP contribution in [0.15, 0.2) is 18.2 Å². The number of rotatable bonds is 12. The molecule has 0 amide bonds. The molecular weight excluding hydrogens is 514 g/mol. The molecule has 1 unspecified atom stereocenters. The molecule has 0 aliphatic carbocycles. The van der Waals surface area contributed by atoms with Gasteiger partial charge in [-0.1, -0.05) is 33.8 Å². The van der Waals surface area contributed by atoms with Crippen LogP contribution in [0.4, 0.5) is 14.4 Å². The van der Waals surface area contributed by atoms with Crippen molar-refractivity contribution >= 4 is 24.4 Å². The third kappa shape index (κ3) is 13.2. The van der Waals surface area contributed by atoms with Gasteiger partial charge in [0, 0.05) is 12.8 Å². The average Bonchev–Trinajstić information content (AvgIpc) is 2.76. The van der Waals surface area contributed by atoms with E-state index in [1.165, 1.54) is 25.1 Å². The fourth-order valence-electron chi connectivity index (χ4n) is 3.13. The van der Waals surface area contributed by atoms with E-state index >= 15 is 0 Å². The molecule has 39 heavy (non-hydrogen) atoms. The predicted molar refractivity (Wildman–Crippen MR) is 140 cm³/mol. The fraction of sp³-hybridized carbons (Fsp3) is 0.630. The van der Waals surface area contributed by atoms with Crippen molar-refractivity contribution in [1.29, 1.82) is 0 Å². The van der Waals surface area contributed by atoms with E-state index in [1.807, 2.05) is 27.7 Å². The van der Waals surface area contributed by atoms with Crippen LogP contribution in [0.25, 0.3) is 0 Å².